The van der Waals surface area contributed by atoms with Crippen molar-refractivity contribution in [3.05, 3.63) is 29.6 Å². The van der Waals surface area contributed by atoms with Crippen molar-refractivity contribution in [2.45, 2.75) is 19.4 Å². The fourth-order valence-corrected chi connectivity index (χ4v) is 1.79. The molecule has 0 spiro atoms. The Labute approximate surface area is 104 Å². The molecule has 4 nitrogen and oxygen atoms in total. The minimum Gasteiger partial charge on any atom is -0.491 e. The lowest BCUT2D eigenvalue weighted by Crippen LogP contribution is -2.15. The quantitative estimate of drug-likeness (QED) is 0.885. The van der Waals surface area contributed by atoms with Crippen LogP contribution in [-0.4, -0.2) is 27.4 Å². The van der Waals surface area contributed by atoms with Crippen LogP contribution in [0.3, 0.4) is 0 Å². The Bertz CT molecular complexity index is 442. The summed E-state index contributed by atoms with van der Waals surface area (Å²) in [5.74, 6) is 0.754. The molecule has 1 aromatic heterocycles. The van der Waals surface area contributed by atoms with E-state index in [0.717, 1.165) is 17.0 Å². The van der Waals surface area contributed by atoms with Gasteiger partial charge in [-0.3, -0.25) is 0 Å². The lowest BCUT2D eigenvalue weighted by atomic mass is 10.2. The maximum Gasteiger partial charge on any atom is 0.119 e. The number of aliphatic hydroxyl groups is 1. The van der Waals surface area contributed by atoms with Crippen LogP contribution in [0, 0.1) is 0 Å². The van der Waals surface area contributed by atoms with Crippen molar-refractivity contribution >= 4 is 11.5 Å². The van der Waals surface area contributed by atoms with Crippen molar-refractivity contribution in [1.29, 1.82) is 0 Å². The van der Waals surface area contributed by atoms with E-state index in [2.05, 4.69) is 9.59 Å². The van der Waals surface area contributed by atoms with Gasteiger partial charge in [-0.15, -0.1) is 5.10 Å². The fourth-order valence-electron chi connectivity index (χ4n) is 1.32. The lowest BCUT2D eigenvalue weighted by Gasteiger charge is -2.10. The Kier molecular flexibility index (Phi) is 4.06. The number of hydrogen-bond donors (Lipinski definition) is 1. The van der Waals surface area contributed by atoms with Crippen molar-refractivity contribution in [1.82, 2.24) is 9.59 Å². The summed E-state index contributed by atoms with van der Waals surface area (Å²) in [5, 5.41) is 15.3. The van der Waals surface area contributed by atoms with E-state index in [9.17, 15) is 5.11 Å². The molecule has 1 N–H and O–H groups in total. The van der Waals surface area contributed by atoms with Crippen LogP contribution in [0.25, 0.3) is 11.3 Å². The fraction of sp³-hybridized carbons (Fsp3) is 0.333. The maximum absolute atomic E-state index is 9.38. The number of aliphatic hydroxyl groups excluding tert-OH is 1. The van der Waals surface area contributed by atoms with Crippen molar-refractivity contribution in [2.75, 3.05) is 6.61 Å². The largest absolute Gasteiger partial charge is 0.491 e. The van der Waals surface area contributed by atoms with Crippen molar-refractivity contribution in [3.8, 4) is 17.0 Å². The highest BCUT2D eigenvalue weighted by molar-refractivity contribution is 7.03. The van der Waals surface area contributed by atoms with Gasteiger partial charge in [0.25, 0.3) is 0 Å². The molecule has 5 heteroatoms. The Hall–Kier alpha value is -1.46. The Balaban J connectivity index is 1.99. The van der Waals surface area contributed by atoms with Crippen molar-refractivity contribution in [2.24, 2.45) is 0 Å². The lowest BCUT2D eigenvalue weighted by molar-refractivity contribution is 0.104. The number of nitrogens with zero attached hydrogens (tertiary/aromatic N) is 2. The number of rotatable bonds is 5. The van der Waals surface area contributed by atoms with Crippen LogP contribution < -0.4 is 4.74 Å². The van der Waals surface area contributed by atoms with Crippen molar-refractivity contribution < 1.29 is 9.84 Å². The van der Waals surface area contributed by atoms with Crippen LogP contribution in [0.5, 0.6) is 5.75 Å². The molecule has 0 amide bonds. The van der Waals surface area contributed by atoms with E-state index < -0.39 is 6.10 Å². The van der Waals surface area contributed by atoms with Crippen LogP contribution in [-0.2, 0) is 0 Å². The smallest absolute Gasteiger partial charge is 0.119 e. The highest BCUT2D eigenvalue weighted by Crippen LogP contribution is 2.21. The second kappa shape index (κ2) is 5.75. The van der Waals surface area contributed by atoms with E-state index in [-0.39, 0.29) is 0 Å². The molecule has 0 aliphatic rings. The normalized spacial score (nSPS) is 12.4. The van der Waals surface area contributed by atoms with E-state index in [4.69, 9.17) is 4.74 Å². The number of hydrogen-bond acceptors (Lipinski definition) is 5. The summed E-state index contributed by atoms with van der Waals surface area (Å²) >= 11 is 1.33. The number of aromatic nitrogens is 2. The summed E-state index contributed by atoms with van der Waals surface area (Å²) in [6, 6.07) is 7.61. The Morgan fingerprint density at radius 1 is 1.35 bits per heavy atom. The van der Waals surface area contributed by atoms with Gasteiger partial charge in [0.15, 0.2) is 0 Å². The molecule has 0 fully saturated rings. The first kappa shape index (κ1) is 12.0. The minimum absolute atomic E-state index is 0.327. The highest BCUT2D eigenvalue weighted by Gasteiger charge is 2.03. The molecule has 1 atom stereocenters. The molecular formula is C12H14N2O2S. The molecule has 1 heterocycles. The van der Waals surface area contributed by atoms with Gasteiger partial charge in [0, 0.05) is 10.9 Å². The first-order valence-corrected chi connectivity index (χ1v) is 6.31. The van der Waals surface area contributed by atoms with Gasteiger partial charge in [0.1, 0.15) is 18.1 Å². The van der Waals surface area contributed by atoms with Crippen LogP contribution in [0.4, 0.5) is 0 Å². The number of ether oxygens (including phenoxy) is 1. The zero-order valence-corrected chi connectivity index (χ0v) is 10.4. The average Bonchev–Trinajstić information content (AvgIpc) is 2.90. The maximum atomic E-state index is 9.38. The van der Waals surface area contributed by atoms with Crippen LogP contribution in [0.1, 0.15) is 13.3 Å². The molecule has 17 heavy (non-hydrogen) atoms. The predicted molar refractivity (Wildman–Crippen MR) is 67.1 cm³/mol. The van der Waals surface area contributed by atoms with E-state index >= 15 is 0 Å². The third-order valence-corrected chi connectivity index (χ3v) is 2.93. The second-order valence-corrected chi connectivity index (χ2v) is 4.30. The monoisotopic (exact) mass is 250 g/mol. The third-order valence-electron chi connectivity index (χ3n) is 2.42. The minimum atomic E-state index is -0.405. The van der Waals surface area contributed by atoms with Crippen LogP contribution in [0.15, 0.2) is 29.6 Å². The van der Waals surface area contributed by atoms with E-state index in [1.807, 2.05) is 36.6 Å². The second-order valence-electron chi connectivity index (χ2n) is 3.69. The summed E-state index contributed by atoms with van der Waals surface area (Å²) in [6.45, 7) is 2.25. The first-order chi connectivity index (χ1) is 8.29. The molecular weight excluding hydrogens is 236 g/mol. The van der Waals surface area contributed by atoms with Gasteiger partial charge < -0.3 is 9.84 Å². The van der Waals surface area contributed by atoms with E-state index in [1.165, 1.54) is 11.5 Å². The summed E-state index contributed by atoms with van der Waals surface area (Å²) in [6.07, 6.45) is 0.292. The molecule has 1 unspecified atom stereocenters. The molecule has 1 aromatic carbocycles. The van der Waals surface area contributed by atoms with Gasteiger partial charge >= 0.3 is 0 Å². The molecule has 2 rings (SSSR count). The van der Waals surface area contributed by atoms with Crippen molar-refractivity contribution in [3.63, 3.8) is 0 Å². The summed E-state index contributed by atoms with van der Waals surface area (Å²) in [7, 11) is 0. The Morgan fingerprint density at radius 2 is 2.12 bits per heavy atom. The zero-order valence-electron chi connectivity index (χ0n) is 9.54. The molecule has 0 aliphatic carbocycles. The molecule has 0 bridgehead atoms. The topological polar surface area (TPSA) is 55.2 Å². The van der Waals surface area contributed by atoms with Gasteiger partial charge in [-0.25, -0.2) is 0 Å². The standard InChI is InChI=1S/C12H14N2O2S/c1-2-10(15)7-16-11-5-3-9(4-6-11)12-8-17-14-13-12/h3-6,8,10,15H,2,7H2,1H3. The molecule has 0 saturated heterocycles. The molecule has 0 aliphatic heterocycles. The van der Waals surface area contributed by atoms with Gasteiger partial charge in [0.2, 0.25) is 0 Å². The van der Waals surface area contributed by atoms with Gasteiger partial charge in [-0.05, 0) is 42.2 Å². The first-order valence-electron chi connectivity index (χ1n) is 5.48. The SMILES string of the molecule is CCC(O)COc1ccc(-c2csnn2)cc1. The molecule has 90 valence electrons. The molecule has 0 radical (unpaired) electrons. The summed E-state index contributed by atoms with van der Waals surface area (Å²) in [4.78, 5) is 0. The van der Waals surface area contributed by atoms with Gasteiger partial charge in [-0.2, -0.15) is 0 Å². The summed E-state index contributed by atoms with van der Waals surface area (Å²) in [5.41, 5.74) is 1.89. The van der Waals surface area contributed by atoms with E-state index in [0.29, 0.717) is 13.0 Å². The summed E-state index contributed by atoms with van der Waals surface area (Å²) < 4.78 is 9.27. The van der Waals surface area contributed by atoms with Crippen LogP contribution in [0.2, 0.25) is 0 Å². The van der Waals surface area contributed by atoms with Gasteiger partial charge in [0.05, 0.1) is 6.10 Å². The average molecular weight is 250 g/mol. The Morgan fingerprint density at radius 3 is 2.71 bits per heavy atom. The third kappa shape index (κ3) is 3.25. The predicted octanol–water partition coefficient (Wildman–Crippen LogP) is 2.35. The van der Waals surface area contributed by atoms with E-state index in [1.54, 1.807) is 0 Å². The van der Waals surface area contributed by atoms with Gasteiger partial charge in [-0.1, -0.05) is 11.4 Å². The molecule has 2 aromatic rings. The van der Waals surface area contributed by atoms with Crippen LogP contribution >= 0.6 is 11.5 Å². The zero-order chi connectivity index (χ0) is 12.1. The number of benzene rings is 1. The molecule has 0 saturated carbocycles. The highest BCUT2D eigenvalue weighted by atomic mass is 32.1.